The van der Waals surface area contributed by atoms with E-state index >= 15 is 0 Å². The summed E-state index contributed by atoms with van der Waals surface area (Å²) in [5.41, 5.74) is 0. The zero-order valence-electron chi connectivity index (χ0n) is 17.7. The highest BCUT2D eigenvalue weighted by atomic mass is 28.4. The summed E-state index contributed by atoms with van der Waals surface area (Å²) in [6.45, 7) is 9.31. The smallest absolute Gasteiger partial charge is 0.261 e. The zero-order chi connectivity index (χ0) is 20.2. The first kappa shape index (κ1) is 21.0. The van der Waals surface area contributed by atoms with E-state index in [1.54, 1.807) is 0 Å². The van der Waals surface area contributed by atoms with Crippen LogP contribution < -0.4 is 10.4 Å². The molecular weight excluding hydrogens is 360 g/mol. The molecule has 3 heteroatoms. The minimum Gasteiger partial charge on any atom is -0.404 e. The average Bonchev–Trinajstić information content (AvgIpc) is 2.68. The van der Waals surface area contributed by atoms with Crippen LogP contribution in [-0.2, 0) is 9.22 Å². The molecule has 28 heavy (non-hydrogen) atoms. The minimum atomic E-state index is -2.49. The molecule has 2 nitrogen and oxygen atoms in total. The Balaban J connectivity index is 2.03. The summed E-state index contributed by atoms with van der Waals surface area (Å²) < 4.78 is 7.30. The van der Waals surface area contributed by atoms with Gasteiger partial charge in [0.05, 0.1) is 0 Å². The van der Waals surface area contributed by atoms with Gasteiger partial charge < -0.3 is 9.22 Å². The Bertz CT molecular complexity index is 712. The summed E-state index contributed by atoms with van der Waals surface area (Å²) in [5.74, 6) is 0.992. The first-order valence-electron chi connectivity index (χ1n) is 10.6. The molecule has 1 saturated carbocycles. The van der Waals surface area contributed by atoms with E-state index < -0.39 is 8.32 Å². The van der Waals surface area contributed by atoms with Crippen molar-refractivity contribution in [3.05, 3.63) is 60.7 Å². The van der Waals surface area contributed by atoms with Crippen LogP contribution in [0.25, 0.3) is 0 Å². The Labute approximate surface area is 171 Å². The fourth-order valence-electron chi connectivity index (χ4n) is 4.92. The molecule has 0 aromatic heterocycles. The van der Waals surface area contributed by atoms with Crippen molar-refractivity contribution in [1.82, 2.24) is 0 Å². The first-order valence-corrected chi connectivity index (χ1v) is 12.5. The second kappa shape index (κ2) is 8.75. The van der Waals surface area contributed by atoms with Crippen molar-refractivity contribution in [2.24, 2.45) is 11.8 Å². The van der Waals surface area contributed by atoms with Crippen LogP contribution in [-0.4, -0.2) is 20.7 Å². The standard InChI is InChI=1S/C25H34O2Si/c1-20-19-21(17-18-26)15-16-24(20)27-28(25(2,3)4,22-11-7-5-8-12-22)23-13-9-6-10-14-23/h5-14,18,20-21,24H,15-17,19H2,1-4H3/t20-,21-,24-/m1/s1. The van der Waals surface area contributed by atoms with Crippen molar-refractivity contribution < 1.29 is 9.22 Å². The SMILES string of the molecule is C[C@@H]1C[C@@H](CC=O)CC[C@H]1O[Si](c1ccccc1)(c1ccccc1)C(C)(C)C. The number of aldehydes is 1. The molecule has 0 unspecified atom stereocenters. The molecule has 0 spiro atoms. The molecule has 0 saturated heterocycles. The van der Waals surface area contributed by atoms with Crippen molar-refractivity contribution in [2.45, 2.75) is 64.5 Å². The van der Waals surface area contributed by atoms with Gasteiger partial charge in [0.15, 0.2) is 0 Å². The predicted molar refractivity (Wildman–Crippen MR) is 120 cm³/mol. The summed E-state index contributed by atoms with van der Waals surface area (Å²) >= 11 is 0. The number of carbonyl (C=O) groups is 1. The molecule has 1 aliphatic rings. The summed E-state index contributed by atoms with van der Waals surface area (Å²) in [6.07, 6.45) is 5.24. The lowest BCUT2D eigenvalue weighted by Crippen LogP contribution is -2.68. The number of hydrogen-bond acceptors (Lipinski definition) is 2. The van der Waals surface area contributed by atoms with Gasteiger partial charge in [-0.15, -0.1) is 0 Å². The van der Waals surface area contributed by atoms with Gasteiger partial charge in [0.25, 0.3) is 8.32 Å². The normalized spacial score (nSPS) is 23.4. The van der Waals surface area contributed by atoms with Gasteiger partial charge >= 0.3 is 0 Å². The van der Waals surface area contributed by atoms with Crippen molar-refractivity contribution in [1.29, 1.82) is 0 Å². The van der Waals surface area contributed by atoms with Gasteiger partial charge in [0, 0.05) is 12.5 Å². The van der Waals surface area contributed by atoms with Crippen LogP contribution in [0.3, 0.4) is 0 Å². The third-order valence-corrected chi connectivity index (χ3v) is 11.4. The number of rotatable bonds is 6. The van der Waals surface area contributed by atoms with Gasteiger partial charge in [-0.2, -0.15) is 0 Å². The third-order valence-electron chi connectivity index (χ3n) is 6.37. The van der Waals surface area contributed by atoms with E-state index in [2.05, 4.69) is 88.4 Å². The highest BCUT2D eigenvalue weighted by Crippen LogP contribution is 2.41. The highest BCUT2D eigenvalue weighted by molar-refractivity contribution is 6.99. The maximum Gasteiger partial charge on any atom is 0.261 e. The summed E-state index contributed by atoms with van der Waals surface area (Å²) in [6, 6.07) is 21.8. The Hall–Kier alpha value is -1.71. The van der Waals surface area contributed by atoms with Gasteiger partial charge in [0.1, 0.15) is 6.29 Å². The van der Waals surface area contributed by atoms with Gasteiger partial charge in [-0.05, 0) is 46.5 Å². The third kappa shape index (κ3) is 4.16. The molecule has 2 aromatic carbocycles. The van der Waals surface area contributed by atoms with Crippen molar-refractivity contribution in [2.75, 3.05) is 0 Å². The molecule has 0 aliphatic heterocycles. The van der Waals surface area contributed by atoms with Crippen LogP contribution in [0.2, 0.25) is 5.04 Å². The summed E-state index contributed by atoms with van der Waals surface area (Å²) in [5, 5.41) is 2.70. The maximum absolute atomic E-state index is 11.0. The monoisotopic (exact) mass is 394 g/mol. The van der Waals surface area contributed by atoms with Crippen LogP contribution in [0.4, 0.5) is 0 Å². The predicted octanol–water partition coefficient (Wildman–Crippen LogP) is 4.96. The molecular formula is C25H34O2Si. The van der Waals surface area contributed by atoms with E-state index in [9.17, 15) is 4.79 Å². The highest BCUT2D eigenvalue weighted by Gasteiger charge is 2.52. The molecule has 0 heterocycles. The number of hydrogen-bond donors (Lipinski definition) is 0. The lowest BCUT2D eigenvalue weighted by molar-refractivity contribution is -0.109. The Morgan fingerprint density at radius 3 is 1.93 bits per heavy atom. The summed E-state index contributed by atoms with van der Waals surface area (Å²) in [4.78, 5) is 11.0. The van der Waals surface area contributed by atoms with Gasteiger partial charge in [0.2, 0.25) is 0 Å². The van der Waals surface area contributed by atoms with E-state index in [1.165, 1.54) is 10.4 Å². The van der Waals surface area contributed by atoms with Crippen LogP contribution in [0.15, 0.2) is 60.7 Å². The minimum absolute atomic E-state index is 0.00900. The number of benzene rings is 2. The molecule has 1 aliphatic carbocycles. The van der Waals surface area contributed by atoms with Gasteiger partial charge in [-0.25, -0.2) is 0 Å². The van der Waals surface area contributed by atoms with E-state index in [4.69, 9.17) is 4.43 Å². The Morgan fingerprint density at radius 1 is 0.964 bits per heavy atom. The topological polar surface area (TPSA) is 26.3 Å². The van der Waals surface area contributed by atoms with Crippen LogP contribution >= 0.6 is 0 Å². The van der Waals surface area contributed by atoms with Crippen LogP contribution in [0, 0.1) is 11.8 Å². The van der Waals surface area contributed by atoms with Crippen LogP contribution in [0.5, 0.6) is 0 Å². The van der Waals surface area contributed by atoms with E-state index in [0.717, 1.165) is 25.5 Å². The van der Waals surface area contributed by atoms with Crippen molar-refractivity contribution in [3.8, 4) is 0 Å². The molecule has 0 N–H and O–H groups in total. The fourth-order valence-corrected chi connectivity index (χ4v) is 9.74. The summed E-state index contributed by atoms with van der Waals surface area (Å²) in [7, 11) is -2.49. The van der Waals surface area contributed by atoms with Crippen LogP contribution in [0.1, 0.15) is 53.4 Å². The second-order valence-corrected chi connectivity index (χ2v) is 13.6. The molecule has 3 atom stereocenters. The Kier molecular flexibility index (Phi) is 6.56. The molecule has 0 amide bonds. The first-order chi connectivity index (χ1) is 13.4. The quantitative estimate of drug-likeness (QED) is 0.511. The van der Waals surface area contributed by atoms with E-state index in [-0.39, 0.29) is 11.1 Å². The zero-order valence-corrected chi connectivity index (χ0v) is 18.7. The van der Waals surface area contributed by atoms with Gasteiger partial charge in [-0.3, -0.25) is 0 Å². The van der Waals surface area contributed by atoms with E-state index in [1.807, 2.05) is 0 Å². The Morgan fingerprint density at radius 2 is 1.50 bits per heavy atom. The molecule has 0 radical (unpaired) electrons. The molecule has 0 bridgehead atoms. The molecule has 2 aromatic rings. The van der Waals surface area contributed by atoms with Crippen molar-refractivity contribution >= 4 is 25.0 Å². The largest absolute Gasteiger partial charge is 0.404 e. The lowest BCUT2D eigenvalue weighted by Gasteiger charge is -2.47. The average molecular weight is 395 g/mol. The number of carbonyl (C=O) groups excluding carboxylic acids is 1. The molecule has 1 fully saturated rings. The van der Waals surface area contributed by atoms with E-state index in [0.29, 0.717) is 18.3 Å². The van der Waals surface area contributed by atoms with Crippen molar-refractivity contribution in [3.63, 3.8) is 0 Å². The molecule has 3 rings (SSSR count). The maximum atomic E-state index is 11.0. The van der Waals surface area contributed by atoms with Gasteiger partial charge in [-0.1, -0.05) is 88.4 Å². The fraction of sp³-hybridized carbons (Fsp3) is 0.480. The molecule has 150 valence electrons. The second-order valence-electron chi connectivity index (χ2n) is 9.38. The lowest BCUT2D eigenvalue weighted by atomic mass is 9.79.